The first-order chi connectivity index (χ1) is 9.23. The molecule has 0 aromatic heterocycles. The average Bonchev–Trinajstić information content (AvgIpc) is 2.38. The molecule has 0 heterocycles. The molecule has 0 bridgehead atoms. The summed E-state index contributed by atoms with van der Waals surface area (Å²) >= 11 is 0. The van der Waals surface area contributed by atoms with Gasteiger partial charge in [0.05, 0.1) is 5.56 Å². The van der Waals surface area contributed by atoms with Crippen LogP contribution in [0.4, 0.5) is 13.2 Å². The molecule has 0 saturated carbocycles. The minimum Gasteiger partial charge on any atom is -0.508 e. The second-order valence-electron chi connectivity index (χ2n) is 4.66. The van der Waals surface area contributed by atoms with E-state index in [2.05, 4.69) is 0 Å². The number of phenolic OH excluding ortho intramolecular Hbond substituents is 1. The predicted octanol–water partition coefficient (Wildman–Crippen LogP) is 3.67. The summed E-state index contributed by atoms with van der Waals surface area (Å²) in [6, 6.07) is 10.3. The van der Waals surface area contributed by atoms with E-state index in [4.69, 9.17) is 0 Å². The van der Waals surface area contributed by atoms with E-state index in [0.29, 0.717) is 0 Å². The van der Waals surface area contributed by atoms with Gasteiger partial charge in [-0.2, -0.15) is 13.2 Å². The van der Waals surface area contributed by atoms with Gasteiger partial charge in [0.1, 0.15) is 11.4 Å². The molecular weight excluding hydrogens is 269 g/mol. The molecule has 2 rings (SSSR count). The zero-order valence-corrected chi connectivity index (χ0v) is 10.6. The van der Waals surface area contributed by atoms with Crippen molar-refractivity contribution in [1.29, 1.82) is 0 Å². The normalized spacial score (nSPS) is 14.8. The smallest absolute Gasteiger partial charge is 0.416 e. The number of phenols is 1. The van der Waals surface area contributed by atoms with Crippen molar-refractivity contribution in [1.82, 2.24) is 0 Å². The molecule has 0 spiro atoms. The standard InChI is InChI=1S/C15H13F3O2/c1-14(20,10-6-8-11(19)9-7-10)12-4-2-3-5-13(12)15(16,17)18/h2-9,19-20H,1H3. The lowest BCUT2D eigenvalue weighted by atomic mass is 9.85. The lowest BCUT2D eigenvalue weighted by molar-refractivity contribution is -0.139. The van der Waals surface area contributed by atoms with Gasteiger partial charge in [0.15, 0.2) is 0 Å². The van der Waals surface area contributed by atoms with Crippen molar-refractivity contribution >= 4 is 0 Å². The fraction of sp³-hybridized carbons (Fsp3) is 0.200. The summed E-state index contributed by atoms with van der Waals surface area (Å²) < 4.78 is 39.0. The summed E-state index contributed by atoms with van der Waals surface area (Å²) in [6.07, 6.45) is -4.54. The van der Waals surface area contributed by atoms with Gasteiger partial charge in [0.25, 0.3) is 0 Å². The summed E-state index contributed by atoms with van der Waals surface area (Å²) in [5.74, 6) is -0.0198. The zero-order valence-electron chi connectivity index (χ0n) is 10.6. The van der Waals surface area contributed by atoms with Crippen molar-refractivity contribution in [2.45, 2.75) is 18.7 Å². The van der Waals surface area contributed by atoms with Crippen LogP contribution in [0.2, 0.25) is 0 Å². The molecule has 2 aromatic carbocycles. The fourth-order valence-electron chi connectivity index (χ4n) is 2.10. The molecule has 0 aliphatic carbocycles. The Morgan fingerprint density at radius 2 is 1.35 bits per heavy atom. The van der Waals surface area contributed by atoms with E-state index >= 15 is 0 Å². The van der Waals surface area contributed by atoms with Crippen LogP contribution >= 0.6 is 0 Å². The quantitative estimate of drug-likeness (QED) is 0.882. The number of hydrogen-bond donors (Lipinski definition) is 2. The molecule has 1 unspecified atom stereocenters. The van der Waals surface area contributed by atoms with Crippen molar-refractivity contribution in [3.63, 3.8) is 0 Å². The Morgan fingerprint density at radius 1 is 0.850 bits per heavy atom. The third kappa shape index (κ3) is 2.63. The number of aliphatic hydroxyl groups is 1. The van der Waals surface area contributed by atoms with Gasteiger partial charge in [0, 0.05) is 0 Å². The van der Waals surface area contributed by atoms with Crippen LogP contribution in [-0.4, -0.2) is 10.2 Å². The molecule has 20 heavy (non-hydrogen) atoms. The van der Waals surface area contributed by atoms with E-state index in [-0.39, 0.29) is 16.9 Å². The van der Waals surface area contributed by atoms with E-state index in [0.717, 1.165) is 6.07 Å². The van der Waals surface area contributed by atoms with Crippen LogP contribution in [-0.2, 0) is 11.8 Å². The van der Waals surface area contributed by atoms with Crippen molar-refractivity contribution in [3.8, 4) is 5.75 Å². The number of aromatic hydroxyl groups is 1. The number of hydrogen-bond acceptors (Lipinski definition) is 2. The Labute approximate surface area is 114 Å². The number of rotatable bonds is 2. The predicted molar refractivity (Wildman–Crippen MR) is 68.2 cm³/mol. The van der Waals surface area contributed by atoms with Gasteiger partial charge in [0.2, 0.25) is 0 Å². The highest BCUT2D eigenvalue weighted by Crippen LogP contribution is 2.39. The Bertz CT molecular complexity index is 601. The highest BCUT2D eigenvalue weighted by atomic mass is 19.4. The largest absolute Gasteiger partial charge is 0.508 e. The van der Waals surface area contributed by atoms with E-state index < -0.39 is 17.3 Å². The van der Waals surface area contributed by atoms with E-state index in [1.807, 2.05) is 0 Å². The molecule has 0 aliphatic rings. The first-order valence-electron chi connectivity index (χ1n) is 5.91. The summed E-state index contributed by atoms with van der Waals surface area (Å²) in [4.78, 5) is 0. The summed E-state index contributed by atoms with van der Waals surface area (Å²) in [5, 5.41) is 19.7. The van der Waals surface area contributed by atoms with Gasteiger partial charge < -0.3 is 10.2 Å². The van der Waals surface area contributed by atoms with Gasteiger partial charge >= 0.3 is 6.18 Å². The first kappa shape index (κ1) is 14.4. The van der Waals surface area contributed by atoms with Gasteiger partial charge in [-0.1, -0.05) is 30.3 Å². The molecule has 0 aliphatic heterocycles. The summed E-state index contributed by atoms with van der Waals surface area (Å²) in [7, 11) is 0. The van der Waals surface area contributed by atoms with Crippen molar-refractivity contribution < 1.29 is 23.4 Å². The van der Waals surface area contributed by atoms with Crippen LogP contribution in [0.25, 0.3) is 0 Å². The molecule has 0 amide bonds. The number of alkyl halides is 3. The minimum atomic E-state index is -4.54. The van der Waals surface area contributed by atoms with Crippen LogP contribution in [0.5, 0.6) is 5.75 Å². The van der Waals surface area contributed by atoms with Crippen LogP contribution in [0.15, 0.2) is 48.5 Å². The maximum Gasteiger partial charge on any atom is 0.416 e. The Morgan fingerprint density at radius 3 is 1.85 bits per heavy atom. The van der Waals surface area contributed by atoms with E-state index in [9.17, 15) is 23.4 Å². The van der Waals surface area contributed by atoms with Crippen molar-refractivity contribution in [3.05, 3.63) is 65.2 Å². The minimum absolute atomic E-state index is 0.0198. The molecule has 2 N–H and O–H groups in total. The summed E-state index contributed by atoms with van der Waals surface area (Å²) in [6.45, 7) is 1.30. The Hall–Kier alpha value is -2.01. The van der Waals surface area contributed by atoms with Crippen molar-refractivity contribution in [2.24, 2.45) is 0 Å². The van der Waals surface area contributed by atoms with Crippen LogP contribution in [0, 0.1) is 0 Å². The molecule has 1 atom stereocenters. The Balaban J connectivity index is 2.57. The van der Waals surface area contributed by atoms with E-state index in [1.54, 1.807) is 0 Å². The van der Waals surface area contributed by atoms with Crippen LogP contribution in [0.1, 0.15) is 23.6 Å². The second kappa shape index (κ2) is 4.83. The Kier molecular flexibility index (Phi) is 3.48. The first-order valence-corrected chi connectivity index (χ1v) is 5.91. The average molecular weight is 282 g/mol. The number of benzene rings is 2. The van der Waals surface area contributed by atoms with Gasteiger partial charge in [-0.15, -0.1) is 0 Å². The topological polar surface area (TPSA) is 40.5 Å². The highest BCUT2D eigenvalue weighted by molar-refractivity contribution is 5.42. The molecule has 2 nitrogen and oxygen atoms in total. The van der Waals surface area contributed by atoms with Gasteiger partial charge in [-0.05, 0) is 36.2 Å². The molecule has 0 saturated heterocycles. The molecule has 0 fully saturated rings. The monoisotopic (exact) mass is 282 g/mol. The third-order valence-corrected chi connectivity index (χ3v) is 3.19. The maximum atomic E-state index is 13.0. The summed E-state index contributed by atoms with van der Waals surface area (Å²) in [5.41, 5.74) is -2.64. The van der Waals surface area contributed by atoms with Crippen LogP contribution in [0.3, 0.4) is 0 Å². The molecule has 5 heteroatoms. The fourth-order valence-corrected chi connectivity index (χ4v) is 2.10. The second-order valence-corrected chi connectivity index (χ2v) is 4.66. The third-order valence-electron chi connectivity index (χ3n) is 3.19. The van der Waals surface area contributed by atoms with E-state index in [1.165, 1.54) is 49.4 Å². The maximum absolute atomic E-state index is 13.0. The van der Waals surface area contributed by atoms with Gasteiger partial charge in [-0.25, -0.2) is 0 Å². The van der Waals surface area contributed by atoms with Gasteiger partial charge in [-0.3, -0.25) is 0 Å². The molecule has 2 aromatic rings. The highest BCUT2D eigenvalue weighted by Gasteiger charge is 2.39. The van der Waals surface area contributed by atoms with Crippen molar-refractivity contribution in [2.75, 3.05) is 0 Å². The SMILES string of the molecule is CC(O)(c1ccc(O)cc1)c1ccccc1C(F)(F)F. The zero-order chi connectivity index (χ0) is 15.0. The molecular formula is C15H13F3O2. The number of halogens is 3. The van der Waals surface area contributed by atoms with Crippen LogP contribution < -0.4 is 0 Å². The molecule has 106 valence electrons. The lowest BCUT2D eigenvalue weighted by Gasteiger charge is -2.27. The molecule has 0 radical (unpaired) electrons. The lowest BCUT2D eigenvalue weighted by Crippen LogP contribution is -2.26.